The third kappa shape index (κ3) is 2.85. The summed E-state index contributed by atoms with van der Waals surface area (Å²) in [4.78, 5) is 10.7. The summed E-state index contributed by atoms with van der Waals surface area (Å²) in [5.41, 5.74) is -0.116. The van der Waals surface area contributed by atoms with Gasteiger partial charge in [0.05, 0.1) is 17.5 Å². The number of furan rings is 1. The van der Waals surface area contributed by atoms with Crippen LogP contribution in [0.15, 0.2) is 21.6 Å². The van der Waals surface area contributed by atoms with Gasteiger partial charge in [0.1, 0.15) is 0 Å². The fourth-order valence-electron chi connectivity index (χ4n) is 3.33. The maximum absolute atomic E-state index is 12.3. The van der Waals surface area contributed by atoms with E-state index >= 15 is 0 Å². The Balaban J connectivity index is 1.70. The zero-order chi connectivity index (χ0) is 15.1. The Morgan fingerprint density at radius 2 is 2.00 bits per heavy atom. The van der Waals surface area contributed by atoms with Gasteiger partial charge in [0.15, 0.2) is 0 Å². The maximum Gasteiger partial charge on any atom is 0.371 e. The Bertz CT molecular complexity index is 638. The van der Waals surface area contributed by atoms with Gasteiger partial charge in [-0.1, -0.05) is 12.8 Å². The van der Waals surface area contributed by atoms with E-state index in [0.29, 0.717) is 0 Å². The van der Waals surface area contributed by atoms with E-state index in [1.807, 2.05) is 0 Å². The van der Waals surface area contributed by atoms with Crippen LogP contribution in [0.2, 0.25) is 0 Å². The van der Waals surface area contributed by atoms with Crippen molar-refractivity contribution in [2.24, 2.45) is 0 Å². The van der Waals surface area contributed by atoms with Crippen LogP contribution in [0.5, 0.6) is 0 Å². The van der Waals surface area contributed by atoms with Crippen molar-refractivity contribution in [3.05, 3.63) is 17.9 Å². The van der Waals surface area contributed by atoms with Crippen molar-refractivity contribution in [1.82, 2.24) is 0 Å². The van der Waals surface area contributed by atoms with E-state index in [2.05, 4.69) is 0 Å². The molecule has 1 saturated heterocycles. The predicted octanol–water partition coefficient (Wildman–Crippen LogP) is 2.24. The number of carbonyl (C=O) groups is 1. The molecule has 2 heterocycles. The zero-order valence-corrected chi connectivity index (χ0v) is 12.4. The molecule has 1 atom stereocenters. The van der Waals surface area contributed by atoms with Crippen molar-refractivity contribution < 1.29 is 27.5 Å². The molecule has 7 heteroatoms. The van der Waals surface area contributed by atoms with E-state index in [0.717, 1.165) is 44.6 Å². The van der Waals surface area contributed by atoms with Crippen molar-refractivity contribution in [2.75, 3.05) is 5.75 Å². The van der Waals surface area contributed by atoms with Gasteiger partial charge in [-0.15, -0.1) is 0 Å². The molecule has 1 aliphatic carbocycles. The summed E-state index contributed by atoms with van der Waals surface area (Å²) in [5.74, 6) is -1.80. The van der Waals surface area contributed by atoms with E-state index in [9.17, 15) is 13.2 Å². The van der Waals surface area contributed by atoms with Gasteiger partial charge >= 0.3 is 5.97 Å². The lowest BCUT2D eigenvalue weighted by atomic mass is 9.98. The van der Waals surface area contributed by atoms with Crippen LogP contribution < -0.4 is 0 Å². The average molecular weight is 314 g/mol. The highest BCUT2D eigenvalue weighted by Crippen LogP contribution is 2.43. The van der Waals surface area contributed by atoms with Crippen molar-refractivity contribution in [3.63, 3.8) is 0 Å². The van der Waals surface area contributed by atoms with Crippen LogP contribution in [0, 0.1) is 0 Å². The molecule has 21 heavy (non-hydrogen) atoms. The van der Waals surface area contributed by atoms with Gasteiger partial charge in [-0.05, 0) is 37.8 Å². The van der Waals surface area contributed by atoms with Gasteiger partial charge in [0.25, 0.3) is 0 Å². The molecular formula is C14H18O6S. The third-order valence-corrected chi connectivity index (χ3v) is 6.00. The minimum atomic E-state index is -3.66. The standard InChI is InChI=1S/C14H18O6S/c15-13(16)11-3-4-12(19-11)21(17,18)9-10-5-8-14(20-10)6-1-2-7-14/h3-4,10H,1-2,5-9H2,(H,15,16). The van der Waals surface area contributed by atoms with Crippen LogP contribution in [0.3, 0.4) is 0 Å². The Morgan fingerprint density at radius 1 is 1.29 bits per heavy atom. The smallest absolute Gasteiger partial charge is 0.371 e. The summed E-state index contributed by atoms with van der Waals surface area (Å²) in [6, 6.07) is 2.35. The lowest BCUT2D eigenvalue weighted by molar-refractivity contribution is -0.0273. The fourth-order valence-corrected chi connectivity index (χ4v) is 4.71. The number of rotatable bonds is 4. The second-order valence-electron chi connectivity index (χ2n) is 5.87. The van der Waals surface area contributed by atoms with E-state index in [1.165, 1.54) is 6.07 Å². The zero-order valence-electron chi connectivity index (χ0n) is 11.6. The Kier molecular flexibility index (Phi) is 3.57. The molecule has 1 aromatic rings. The molecule has 1 aromatic heterocycles. The van der Waals surface area contributed by atoms with Crippen molar-refractivity contribution in [2.45, 2.75) is 55.3 Å². The SMILES string of the molecule is O=C(O)c1ccc(S(=O)(=O)CC2CCC3(CCCC3)O2)o1. The number of ether oxygens (including phenoxy) is 1. The Morgan fingerprint density at radius 3 is 2.62 bits per heavy atom. The normalized spacial score (nSPS) is 24.7. The quantitative estimate of drug-likeness (QED) is 0.916. The molecule has 0 aromatic carbocycles. The molecule has 2 aliphatic rings. The maximum atomic E-state index is 12.3. The van der Waals surface area contributed by atoms with Crippen LogP contribution in [0.25, 0.3) is 0 Å². The predicted molar refractivity (Wildman–Crippen MR) is 73.0 cm³/mol. The van der Waals surface area contributed by atoms with Crippen LogP contribution in [0.4, 0.5) is 0 Å². The van der Waals surface area contributed by atoms with Crippen molar-refractivity contribution in [1.29, 1.82) is 0 Å². The molecule has 1 saturated carbocycles. The van der Waals surface area contributed by atoms with E-state index < -0.39 is 15.8 Å². The molecule has 1 N–H and O–H groups in total. The fraction of sp³-hybridized carbons (Fsp3) is 0.643. The Labute approximate surface area is 123 Å². The van der Waals surface area contributed by atoms with Crippen molar-refractivity contribution >= 4 is 15.8 Å². The molecule has 0 amide bonds. The van der Waals surface area contributed by atoms with Crippen LogP contribution in [0.1, 0.15) is 49.1 Å². The molecule has 0 radical (unpaired) electrons. The molecule has 6 nitrogen and oxygen atoms in total. The lowest BCUT2D eigenvalue weighted by Crippen LogP contribution is -2.28. The summed E-state index contributed by atoms with van der Waals surface area (Å²) in [5, 5.41) is 8.48. The number of hydrogen-bond donors (Lipinski definition) is 1. The number of sulfone groups is 1. The average Bonchev–Trinajstić information content (AvgIpc) is 3.12. The molecule has 1 aliphatic heterocycles. The second-order valence-corrected chi connectivity index (χ2v) is 7.84. The highest BCUT2D eigenvalue weighted by Gasteiger charge is 2.43. The molecule has 2 fully saturated rings. The molecule has 1 unspecified atom stereocenters. The highest BCUT2D eigenvalue weighted by atomic mass is 32.2. The first kappa shape index (κ1) is 14.6. The minimum Gasteiger partial charge on any atom is -0.475 e. The van der Waals surface area contributed by atoms with Crippen LogP contribution in [-0.4, -0.2) is 37.0 Å². The number of hydrogen-bond acceptors (Lipinski definition) is 5. The summed E-state index contributed by atoms with van der Waals surface area (Å²) in [7, 11) is -3.66. The van der Waals surface area contributed by atoms with Gasteiger partial charge in [0.2, 0.25) is 20.7 Å². The van der Waals surface area contributed by atoms with Gasteiger partial charge in [0, 0.05) is 0 Å². The topological polar surface area (TPSA) is 93.8 Å². The largest absolute Gasteiger partial charge is 0.475 e. The molecule has 1 spiro atoms. The first-order chi connectivity index (χ1) is 9.90. The van der Waals surface area contributed by atoms with Crippen LogP contribution >= 0.6 is 0 Å². The molecule has 116 valence electrons. The summed E-state index contributed by atoms with van der Waals surface area (Å²) in [6.45, 7) is 0. The number of carboxylic acids is 1. The monoisotopic (exact) mass is 314 g/mol. The Hall–Kier alpha value is -1.34. The van der Waals surface area contributed by atoms with Gasteiger partial charge < -0.3 is 14.3 Å². The first-order valence-electron chi connectivity index (χ1n) is 7.14. The van der Waals surface area contributed by atoms with Crippen LogP contribution in [-0.2, 0) is 14.6 Å². The highest BCUT2D eigenvalue weighted by molar-refractivity contribution is 7.91. The van der Waals surface area contributed by atoms with Gasteiger partial charge in [-0.2, -0.15) is 0 Å². The minimum absolute atomic E-state index is 0.116. The lowest BCUT2D eigenvalue weighted by Gasteiger charge is -2.23. The summed E-state index contributed by atoms with van der Waals surface area (Å²) >= 11 is 0. The number of aromatic carboxylic acids is 1. The molecule has 0 bridgehead atoms. The van der Waals surface area contributed by atoms with E-state index in [1.54, 1.807) is 0 Å². The molecule has 3 rings (SSSR count). The van der Waals surface area contributed by atoms with E-state index in [4.69, 9.17) is 14.3 Å². The summed E-state index contributed by atoms with van der Waals surface area (Å²) in [6.07, 6.45) is 5.60. The number of carboxylic acid groups (broad SMARTS) is 1. The first-order valence-corrected chi connectivity index (χ1v) is 8.79. The van der Waals surface area contributed by atoms with Gasteiger partial charge in [-0.3, -0.25) is 0 Å². The second kappa shape index (κ2) is 5.14. The van der Waals surface area contributed by atoms with Crippen molar-refractivity contribution in [3.8, 4) is 0 Å². The van der Waals surface area contributed by atoms with Gasteiger partial charge in [-0.25, -0.2) is 13.2 Å². The molecular weight excluding hydrogens is 296 g/mol. The summed E-state index contributed by atoms with van der Waals surface area (Å²) < 4.78 is 35.4. The van der Waals surface area contributed by atoms with E-state index in [-0.39, 0.29) is 28.3 Å². The third-order valence-electron chi connectivity index (χ3n) is 4.36.